The molecule has 0 unspecified atom stereocenters. The minimum absolute atomic E-state index is 0.0630. The van der Waals surface area contributed by atoms with Gasteiger partial charge in [-0.2, -0.15) is 5.10 Å². The smallest absolute Gasteiger partial charge is 0.269 e. The highest BCUT2D eigenvalue weighted by atomic mass is 32.2. The zero-order valence-electron chi connectivity index (χ0n) is 18.0. The second kappa shape index (κ2) is 10.0. The van der Waals surface area contributed by atoms with E-state index in [0.717, 1.165) is 9.87 Å². The van der Waals surface area contributed by atoms with Crippen LogP contribution in [-0.4, -0.2) is 32.0 Å². The molecule has 1 amide bonds. The Morgan fingerprint density at radius 1 is 1.06 bits per heavy atom. The van der Waals surface area contributed by atoms with Gasteiger partial charge >= 0.3 is 0 Å². The van der Waals surface area contributed by atoms with Crippen LogP contribution in [0.5, 0.6) is 0 Å². The van der Waals surface area contributed by atoms with Crippen LogP contribution < -0.4 is 9.73 Å². The number of hydrazone groups is 1. The molecule has 0 aliphatic carbocycles. The number of carbonyl (C=O) groups is 1. The highest BCUT2D eigenvalue weighted by Crippen LogP contribution is 2.27. The Morgan fingerprint density at radius 2 is 1.73 bits per heavy atom. The molecule has 170 valence electrons. The van der Waals surface area contributed by atoms with Gasteiger partial charge in [0.1, 0.15) is 6.54 Å². The van der Waals surface area contributed by atoms with Crippen molar-refractivity contribution in [1.82, 2.24) is 5.43 Å². The number of rotatable bonds is 8. The number of nitro benzene ring substituents is 1. The SMILES string of the molecule is Cc1ccc(C)c(N(CC(=O)N/N=C\c2ccc([N+](=O)[O-])cc2)S(=O)(=O)c2ccccc2)c1. The lowest BCUT2D eigenvalue weighted by Gasteiger charge is -2.25. The molecule has 0 radical (unpaired) electrons. The largest absolute Gasteiger partial charge is 0.271 e. The van der Waals surface area contributed by atoms with Crippen LogP contribution in [0.1, 0.15) is 16.7 Å². The van der Waals surface area contributed by atoms with E-state index in [1.165, 1.54) is 42.6 Å². The number of anilines is 1. The summed E-state index contributed by atoms with van der Waals surface area (Å²) in [6, 6.07) is 18.8. The molecule has 0 aliphatic heterocycles. The number of hydrogen-bond donors (Lipinski definition) is 1. The maximum Gasteiger partial charge on any atom is 0.269 e. The predicted octanol–water partition coefficient (Wildman–Crippen LogP) is 3.56. The number of sulfonamides is 1. The molecule has 9 nitrogen and oxygen atoms in total. The first-order valence-electron chi connectivity index (χ1n) is 9.90. The zero-order chi connectivity index (χ0) is 24.0. The van der Waals surface area contributed by atoms with Gasteiger partial charge in [-0.3, -0.25) is 19.2 Å². The summed E-state index contributed by atoms with van der Waals surface area (Å²) in [5.74, 6) is -0.645. The van der Waals surface area contributed by atoms with Gasteiger partial charge in [0, 0.05) is 12.1 Å². The van der Waals surface area contributed by atoms with Gasteiger partial charge in [-0.15, -0.1) is 0 Å². The molecular formula is C23H22N4O5S. The third-order valence-electron chi connectivity index (χ3n) is 4.76. The van der Waals surface area contributed by atoms with E-state index in [1.807, 2.05) is 13.0 Å². The van der Waals surface area contributed by atoms with Crippen LogP contribution in [0.2, 0.25) is 0 Å². The van der Waals surface area contributed by atoms with Crippen molar-refractivity contribution in [2.24, 2.45) is 5.10 Å². The second-order valence-electron chi connectivity index (χ2n) is 7.26. The molecule has 0 fully saturated rings. The second-order valence-corrected chi connectivity index (χ2v) is 9.12. The topological polar surface area (TPSA) is 122 Å². The maximum atomic E-state index is 13.4. The summed E-state index contributed by atoms with van der Waals surface area (Å²) >= 11 is 0. The molecule has 0 heterocycles. The van der Waals surface area contributed by atoms with Crippen molar-refractivity contribution in [1.29, 1.82) is 0 Å². The van der Waals surface area contributed by atoms with E-state index in [4.69, 9.17) is 0 Å². The van der Waals surface area contributed by atoms with E-state index in [2.05, 4.69) is 10.5 Å². The van der Waals surface area contributed by atoms with Crippen molar-refractivity contribution >= 4 is 33.5 Å². The first-order chi connectivity index (χ1) is 15.7. The normalized spacial score (nSPS) is 11.3. The minimum atomic E-state index is -4.02. The number of nitrogens with zero attached hydrogens (tertiary/aromatic N) is 3. The van der Waals surface area contributed by atoms with Crippen LogP contribution in [0.15, 0.2) is 82.8 Å². The van der Waals surface area contributed by atoms with Gasteiger partial charge in [0.2, 0.25) is 0 Å². The molecule has 0 bridgehead atoms. The van der Waals surface area contributed by atoms with Crippen molar-refractivity contribution in [3.05, 3.63) is 99.6 Å². The average Bonchev–Trinajstić information content (AvgIpc) is 2.80. The number of aryl methyl sites for hydroxylation is 2. The number of carbonyl (C=O) groups excluding carboxylic acids is 1. The monoisotopic (exact) mass is 466 g/mol. The van der Waals surface area contributed by atoms with E-state index in [1.54, 1.807) is 37.3 Å². The molecule has 0 aromatic heterocycles. The van der Waals surface area contributed by atoms with Crippen LogP contribution >= 0.6 is 0 Å². The Bertz CT molecular complexity index is 1290. The highest BCUT2D eigenvalue weighted by molar-refractivity contribution is 7.92. The summed E-state index contributed by atoms with van der Waals surface area (Å²) in [5.41, 5.74) is 4.73. The third kappa shape index (κ3) is 5.80. The molecule has 0 saturated heterocycles. The Labute approximate surface area is 191 Å². The molecule has 0 saturated carbocycles. The van der Waals surface area contributed by atoms with Gasteiger partial charge in [0.05, 0.1) is 21.7 Å². The molecule has 10 heteroatoms. The van der Waals surface area contributed by atoms with Crippen molar-refractivity contribution in [2.75, 3.05) is 10.8 Å². The van der Waals surface area contributed by atoms with E-state index in [-0.39, 0.29) is 10.6 Å². The van der Waals surface area contributed by atoms with E-state index in [9.17, 15) is 23.3 Å². The quantitative estimate of drug-likeness (QED) is 0.309. The molecule has 3 aromatic carbocycles. The molecule has 1 N–H and O–H groups in total. The lowest BCUT2D eigenvalue weighted by atomic mass is 10.1. The summed E-state index contributed by atoms with van der Waals surface area (Å²) in [6.07, 6.45) is 1.32. The number of nitrogens with one attached hydrogen (secondary N) is 1. The fourth-order valence-electron chi connectivity index (χ4n) is 3.03. The first-order valence-corrected chi connectivity index (χ1v) is 11.3. The van der Waals surface area contributed by atoms with E-state index >= 15 is 0 Å². The van der Waals surface area contributed by atoms with Gasteiger partial charge in [-0.25, -0.2) is 13.8 Å². The minimum Gasteiger partial charge on any atom is -0.271 e. The third-order valence-corrected chi connectivity index (χ3v) is 6.53. The lowest BCUT2D eigenvalue weighted by molar-refractivity contribution is -0.384. The molecule has 0 atom stereocenters. The number of benzene rings is 3. The number of hydrogen-bond acceptors (Lipinski definition) is 6. The number of nitro groups is 1. The van der Waals surface area contributed by atoms with Gasteiger partial charge < -0.3 is 0 Å². The fraction of sp³-hybridized carbons (Fsp3) is 0.130. The van der Waals surface area contributed by atoms with Crippen molar-refractivity contribution < 1.29 is 18.1 Å². The predicted molar refractivity (Wildman–Crippen MR) is 126 cm³/mol. The number of non-ortho nitro benzene ring substituents is 1. The molecule has 3 rings (SSSR count). The lowest BCUT2D eigenvalue weighted by Crippen LogP contribution is -2.40. The van der Waals surface area contributed by atoms with Crippen molar-refractivity contribution in [2.45, 2.75) is 18.7 Å². The number of amides is 1. The van der Waals surface area contributed by atoms with Crippen LogP contribution in [-0.2, 0) is 14.8 Å². The Kier molecular flexibility index (Phi) is 7.19. The van der Waals surface area contributed by atoms with Crippen molar-refractivity contribution in [3.63, 3.8) is 0 Å². The molecular weight excluding hydrogens is 444 g/mol. The fourth-order valence-corrected chi connectivity index (χ4v) is 4.53. The molecule has 33 heavy (non-hydrogen) atoms. The Hall–Kier alpha value is -4.05. The Balaban J connectivity index is 1.83. The van der Waals surface area contributed by atoms with E-state index in [0.29, 0.717) is 16.8 Å². The van der Waals surface area contributed by atoms with Crippen molar-refractivity contribution in [3.8, 4) is 0 Å². The van der Waals surface area contributed by atoms with Gasteiger partial charge in [-0.05, 0) is 60.9 Å². The van der Waals surface area contributed by atoms with Crippen LogP contribution in [0.4, 0.5) is 11.4 Å². The standard InChI is InChI=1S/C23H22N4O5S/c1-17-8-9-18(2)22(14-17)26(33(31,32)21-6-4-3-5-7-21)16-23(28)25-24-15-19-10-12-20(13-11-19)27(29)30/h3-15H,16H2,1-2H3,(H,25,28)/b24-15-. The summed E-state index contributed by atoms with van der Waals surface area (Å²) in [5, 5.41) is 14.6. The Morgan fingerprint density at radius 3 is 2.36 bits per heavy atom. The highest BCUT2D eigenvalue weighted by Gasteiger charge is 2.28. The first kappa shape index (κ1) is 23.6. The van der Waals surface area contributed by atoms with Crippen LogP contribution in [0.25, 0.3) is 0 Å². The summed E-state index contributed by atoms with van der Waals surface area (Å²) in [7, 11) is -4.02. The summed E-state index contributed by atoms with van der Waals surface area (Å²) in [6.45, 7) is 3.12. The van der Waals surface area contributed by atoms with Gasteiger partial charge in [-0.1, -0.05) is 30.3 Å². The van der Waals surface area contributed by atoms with Crippen LogP contribution in [0.3, 0.4) is 0 Å². The average molecular weight is 467 g/mol. The summed E-state index contributed by atoms with van der Waals surface area (Å²) < 4.78 is 27.8. The van der Waals surface area contributed by atoms with Gasteiger partial charge in [0.15, 0.2) is 0 Å². The maximum absolute atomic E-state index is 13.4. The molecule has 0 aliphatic rings. The zero-order valence-corrected chi connectivity index (χ0v) is 18.8. The molecule has 0 spiro atoms. The molecule has 3 aromatic rings. The van der Waals surface area contributed by atoms with E-state index < -0.39 is 27.4 Å². The van der Waals surface area contributed by atoms with Crippen LogP contribution in [0, 0.1) is 24.0 Å². The summed E-state index contributed by atoms with van der Waals surface area (Å²) in [4.78, 5) is 22.9. The van der Waals surface area contributed by atoms with Gasteiger partial charge in [0.25, 0.3) is 21.6 Å².